The number of thiazole rings is 1. The largest absolute Gasteiger partial charge is 0.392 e. The Hall–Kier alpha value is -1.14. The molecule has 1 rings (SSSR count). The van der Waals surface area contributed by atoms with Crippen molar-refractivity contribution in [2.75, 3.05) is 18.9 Å². The number of carbonyl (C=O) groups is 1. The first kappa shape index (κ1) is 10.9. The van der Waals surface area contributed by atoms with Crippen LogP contribution in [0.4, 0.5) is 5.13 Å². The first-order chi connectivity index (χ1) is 6.63. The van der Waals surface area contributed by atoms with E-state index in [1.807, 2.05) is 0 Å². The van der Waals surface area contributed by atoms with Gasteiger partial charge in [-0.25, -0.2) is 4.98 Å². The number of amides is 1. The molecule has 0 saturated heterocycles. The van der Waals surface area contributed by atoms with Crippen LogP contribution in [0.5, 0.6) is 0 Å². The molecule has 6 heteroatoms. The lowest BCUT2D eigenvalue weighted by molar-refractivity contribution is 0.0928. The number of aromatic nitrogens is 1. The Morgan fingerprint density at radius 2 is 2.50 bits per heavy atom. The second-order valence-electron chi connectivity index (χ2n) is 2.84. The minimum absolute atomic E-state index is 0.204. The molecule has 1 amide bonds. The molecule has 1 unspecified atom stereocenters. The normalized spacial score (nSPS) is 12.2. The monoisotopic (exact) mass is 215 g/mol. The average molecular weight is 215 g/mol. The molecule has 0 aliphatic rings. The van der Waals surface area contributed by atoms with Gasteiger partial charge >= 0.3 is 0 Å². The van der Waals surface area contributed by atoms with Crippen LogP contribution in [0.2, 0.25) is 0 Å². The van der Waals surface area contributed by atoms with Crippen molar-refractivity contribution in [1.29, 1.82) is 0 Å². The minimum Gasteiger partial charge on any atom is -0.392 e. The van der Waals surface area contributed by atoms with E-state index in [0.29, 0.717) is 10.0 Å². The van der Waals surface area contributed by atoms with Crippen LogP contribution in [0.15, 0.2) is 6.20 Å². The summed E-state index contributed by atoms with van der Waals surface area (Å²) in [5, 5.41) is 15.1. The number of hydrogen-bond donors (Lipinski definition) is 3. The number of nitrogens with zero attached hydrogens (tertiary/aromatic N) is 1. The Morgan fingerprint density at radius 3 is 3.00 bits per heavy atom. The summed E-state index contributed by atoms with van der Waals surface area (Å²) in [6.07, 6.45) is 0.976. The highest BCUT2D eigenvalue weighted by atomic mass is 32.1. The van der Waals surface area contributed by atoms with E-state index in [0.717, 1.165) is 0 Å². The van der Waals surface area contributed by atoms with Crippen molar-refractivity contribution in [3.05, 3.63) is 11.1 Å². The van der Waals surface area contributed by atoms with Crippen molar-refractivity contribution < 1.29 is 9.90 Å². The molecule has 0 radical (unpaired) electrons. The van der Waals surface area contributed by atoms with Crippen molar-refractivity contribution in [3.63, 3.8) is 0 Å². The van der Waals surface area contributed by atoms with E-state index in [4.69, 9.17) is 5.11 Å². The lowest BCUT2D eigenvalue weighted by Gasteiger charge is -2.04. The fourth-order valence-corrected chi connectivity index (χ4v) is 1.51. The number of hydrogen-bond acceptors (Lipinski definition) is 5. The summed E-state index contributed by atoms with van der Waals surface area (Å²) in [6, 6.07) is 0. The third-order valence-electron chi connectivity index (χ3n) is 1.50. The van der Waals surface area contributed by atoms with Gasteiger partial charge in [-0.2, -0.15) is 0 Å². The number of aliphatic hydroxyl groups is 1. The van der Waals surface area contributed by atoms with Gasteiger partial charge in [-0.15, -0.1) is 0 Å². The zero-order valence-corrected chi connectivity index (χ0v) is 8.89. The lowest BCUT2D eigenvalue weighted by Crippen LogP contribution is -2.29. The van der Waals surface area contributed by atoms with Crippen molar-refractivity contribution >= 4 is 22.4 Å². The highest BCUT2D eigenvalue weighted by Gasteiger charge is 2.09. The summed E-state index contributed by atoms with van der Waals surface area (Å²) in [6.45, 7) is 1.87. The van der Waals surface area contributed by atoms with Crippen LogP contribution >= 0.6 is 11.3 Å². The molecule has 1 aromatic rings. The molecule has 1 aromatic heterocycles. The van der Waals surface area contributed by atoms with Gasteiger partial charge in [-0.05, 0) is 6.92 Å². The van der Waals surface area contributed by atoms with E-state index in [9.17, 15) is 4.79 Å². The van der Waals surface area contributed by atoms with Gasteiger partial charge in [0, 0.05) is 13.6 Å². The quantitative estimate of drug-likeness (QED) is 0.675. The van der Waals surface area contributed by atoms with Gasteiger partial charge in [0.05, 0.1) is 12.3 Å². The summed E-state index contributed by atoms with van der Waals surface area (Å²) < 4.78 is 0. The second-order valence-corrected chi connectivity index (χ2v) is 3.87. The third-order valence-corrected chi connectivity index (χ3v) is 2.51. The highest BCUT2D eigenvalue weighted by molar-refractivity contribution is 7.17. The Bertz CT molecular complexity index is 311. The fraction of sp³-hybridized carbons (Fsp3) is 0.500. The molecule has 1 heterocycles. The van der Waals surface area contributed by atoms with Gasteiger partial charge in [0.1, 0.15) is 4.88 Å². The summed E-state index contributed by atoms with van der Waals surface area (Å²) in [5.74, 6) is -0.204. The van der Waals surface area contributed by atoms with Crippen LogP contribution in [0.3, 0.4) is 0 Å². The standard InChI is InChI=1S/C8H13N3O2S/c1-5(12)3-10-7(13)6-4-11-8(9-2)14-6/h4-5,12H,3H2,1-2H3,(H,9,11)(H,10,13). The first-order valence-corrected chi connectivity index (χ1v) is 5.05. The molecule has 3 N–H and O–H groups in total. The van der Waals surface area contributed by atoms with E-state index < -0.39 is 6.10 Å². The van der Waals surface area contributed by atoms with Crippen molar-refractivity contribution in [2.24, 2.45) is 0 Å². The maximum atomic E-state index is 11.4. The van der Waals surface area contributed by atoms with Crippen LogP contribution in [0.25, 0.3) is 0 Å². The van der Waals surface area contributed by atoms with Crippen LogP contribution in [-0.2, 0) is 0 Å². The Kier molecular flexibility index (Phi) is 3.84. The third kappa shape index (κ3) is 2.97. The predicted molar refractivity (Wildman–Crippen MR) is 55.7 cm³/mol. The molecule has 0 fully saturated rings. The zero-order valence-electron chi connectivity index (χ0n) is 8.07. The molecule has 0 aromatic carbocycles. The van der Waals surface area contributed by atoms with E-state index in [1.165, 1.54) is 17.5 Å². The van der Waals surface area contributed by atoms with Crippen LogP contribution in [-0.4, -0.2) is 35.7 Å². The molecule has 0 aliphatic carbocycles. The van der Waals surface area contributed by atoms with Crippen LogP contribution in [0.1, 0.15) is 16.6 Å². The van der Waals surface area contributed by atoms with E-state index in [2.05, 4.69) is 15.6 Å². The average Bonchev–Trinajstić information content (AvgIpc) is 2.62. The molecule has 78 valence electrons. The van der Waals surface area contributed by atoms with Crippen LogP contribution < -0.4 is 10.6 Å². The van der Waals surface area contributed by atoms with Crippen molar-refractivity contribution in [3.8, 4) is 0 Å². The summed E-state index contributed by atoms with van der Waals surface area (Å²) in [4.78, 5) is 15.9. The maximum absolute atomic E-state index is 11.4. The number of nitrogens with one attached hydrogen (secondary N) is 2. The topological polar surface area (TPSA) is 74.2 Å². The Balaban J connectivity index is 2.52. The second kappa shape index (κ2) is 4.92. The summed E-state index contributed by atoms with van der Waals surface area (Å²) in [5.41, 5.74) is 0. The van der Waals surface area contributed by atoms with Gasteiger partial charge in [0.25, 0.3) is 5.91 Å². The first-order valence-electron chi connectivity index (χ1n) is 4.23. The minimum atomic E-state index is -0.532. The summed E-state index contributed by atoms with van der Waals surface area (Å²) >= 11 is 1.28. The van der Waals surface area contributed by atoms with Gasteiger partial charge in [0.2, 0.25) is 0 Å². The Morgan fingerprint density at radius 1 is 1.79 bits per heavy atom. The molecule has 14 heavy (non-hydrogen) atoms. The van der Waals surface area contributed by atoms with Crippen molar-refractivity contribution in [1.82, 2.24) is 10.3 Å². The van der Waals surface area contributed by atoms with Gasteiger partial charge < -0.3 is 15.7 Å². The maximum Gasteiger partial charge on any atom is 0.263 e. The van der Waals surface area contributed by atoms with E-state index in [1.54, 1.807) is 14.0 Å². The number of aliphatic hydroxyl groups excluding tert-OH is 1. The SMILES string of the molecule is CNc1ncc(C(=O)NCC(C)O)s1. The van der Waals surface area contributed by atoms with Gasteiger partial charge in [-0.1, -0.05) is 11.3 Å². The van der Waals surface area contributed by atoms with E-state index in [-0.39, 0.29) is 12.5 Å². The molecule has 5 nitrogen and oxygen atoms in total. The van der Waals surface area contributed by atoms with Gasteiger partial charge in [-0.3, -0.25) is 4.79 Å². The van der Waals surface area contributed by atoms with E-state index >= 15 is 0 Å². The predicted octanol–water partition coefficient (Wildman–Crippen LogP) is 0.295. The van der Waals surface area contributed by atoms with Crippen molar-refractivity contribution in [2.45, 2.75) is 13.0 Å². The van der Waals surface area contributed by atoms with Gasteiger partial charge in [0.15, 0.2) is 5.13 Å². The highest BCUT2D eigenvalue weighted by Crippen LogP contribution is 2.16. The fourth-order valence-electron chi connectivity index (χ4n) is 0.822. The number of carbonyl (C=O) groups excluding carboxylic acids is 1. The molecular weight excluding hydrogens is 202 g/mol. The smallest absolute Gasteiger partial charge is 0.263 e. The lowest BCUT2D eigenvalue weighted by atomic mass is 10.4. The van der Waals surface area contributed by atoms with Crippen LogP contribution in [0, 0.1) is 0 Å². The molecule has 0 spiro atoms. The molecule has 1 atom stereocenters. The molecule has 0 saturated carbocycles. The molecule has 0 bridgehead atoms. The zero-order chi connectivity index (χ0) is 10.6. The number of anilines is 1. The molecular formula is C8H13N3O2S. The molecule has 0 aliphatic heterocycles. The summed E-state index contributed by atoms with van der Waals surface area (Å²) in [7, 11) is 1.75. The number of rotatable bonds is 4. The Labute approximate surface area is 86.2 Å².